The topological polar surface area (TPSA) is 99.1 Å². The SMILES string of the molecule is COC[C@@]1(C(=O)O)[C@H](c2ccc3c(c2)OCO3)[C@@H]1S(=O)(=O)c1ccccc1. The van der Waals surface area contributed by atoms with Crippen LogP contribution in [0.2, 0.25) is 0 Å². The van der Waals surface area contributed by atoms with E-state index in [9.17, 15) is 18.3 Å². The highest BCUT2D eigenvalue weighted by atomic mass is 32.2. The van der Waals surface area contributed by atoms with Gasteiger partial charge in [0.15, 0.2) is 21.3 Å². The summed E-state index contributed by atoms with van der Waals surface area (Å²) in [5, 5.41) is 8.81. The fourth-order valence-corrected chi connectivity index (χ4v) is 6.30. The van der Waals surface area contributed by atoms with E-state index in [0.29, 0.717) is 17.1 Å². The molecule has 3 atom stereocenters. The zero-order valence-electron chi connectivity index (χ0n) is 14.5. The van der Waals surface area contributed by atoms with Gasteiger partial charge in [-0.25, -0.2) is 8.42 Å². The quantitative estimate of drug-likeness (QED) is 0.806. The first kappa shape index (κ1) is 17.8. The normalized spacial score (nSPS) is 26.0. The molecule has 1 aliphatic heterocycles. The molecule has 27 heavy (non-hydrogen) atoms. The summed E-state index contributed by atoms with van der Waals surface area (Å²) in [4.78, 5) is 12.3. The molecule has 0 amide bonds. The molecule has 7 nitrogen and oxygen atoms in total. The maximum absolute atomic E-state index is 13.2. The third-order valence-corrected chi connectivity index (χ3v) is 7.49. The molecule has 2 aromatic carbocycles. The van der Waals surface area contributed by atoms with Crippen molar-refractivity contribution in [3.05, 3.63) is 54.1 Å². The first-order valence-electron chi connectivity index (χ1n) is 8.34. The molecule has 0 bridgehead atoms. The largest absolute Gasteiger partial charge is 0.481 e. The Morgan fingerprint density at radius 2 is 1.89 bits per heavy atom. The smallest absolute Gasteiger partial charge is 0.314 e. The van der Waals surface area contributed by atoms with Crippen molar-refractivity contribution in [1.29, 1.82) is 0 Å². The third kappa shape index (κ3) is 2.59. The molecule has 2 aromatic rings. The predicted octanol–water partition coefficient (Wildman–Crippen LogP) is 2.07. The van der Waals surface area contributed by atoms with Crippen molar-refractivity contribution in [2.45, 2.75) is 16.1 Å². The summed E-state index contributed by atoms with van der Waals surface area (Å²) < 4.78 is 42.2. The van der Waals surface area contributed by atoms with Gasteiger partial charge in [-0.1, -0.05) is 24.3 Å². The molecule has 1 aliphatic carbocycles. The Balaban J connectivity index is 1.82. The van der Waals surface area contributed by atoms with Crippen LogP contribution in [0, 0.1) is 5.41 Å². The van der Waals surface area contributed by atoms with Gasteiger partial charge in [0.05, 0.1) is 16.8 Å². The van der Waals surface area contributed by atoms with Crippen molar-refractivity contribution >= 4 is 15.8 Å². The molecule has 1 heterocycles. The average molecular weight is 390 g/mol. The van der Waals surface area contributed by atoms with Gasteiger partial charge in [-0.05, 0) is 29.8 Å². The van der Waals surface area contributed by atoms with Gasteiger partial charge in [-0.3, -0.25) is 4.79 Å². The molecule has 0 spiro atoms. The van der Waals surface area contributed by atoms with Gasteiger partial charge < -0.3 is 19.3 Å². The summed E-state index contributed by atoms with van der Waals surface area (Å²) in [5.74, 6) is -0.923. The van der Waals surface area contributed by atoms with Crippen LogP contribution < -0.4 is 9.47 Å². The fourth-order valence-electron chi connectivity index (χ4n) is 3.92. The maximum atomic E-state index is 13.2. The molecule has 142 valence electrons. The van der Waals surface area contributed by atoms with Gasteiger partial charge >= 0.3 is 5.97 Å². The molecular formula is C19H18O7S. The Morgan fingerprint density at radius 1 is 1.19 bits per heavy atom. The molecular weight excluding hydrogens is 372 g/mol. The second-order valence-electron chi connectivity index (χ2n) is 6.65. The lowest BCUT2D eigenvalue weighted by Crippen LogP contribution is -2.28. The highest BCUT2D eigenvalue weighted by molar-refractivity contribution is 7.92. The van der Waals surface area contributed by atoms with Crippen LogP contribution in [0.1, 0.15) is 11.5 Å². The Labute approximate surface area is 156 Å². The van der Waals surface area contributed by atoms with Crippen molar-refractivity contribution in [1.82, 2.24) is 0 Å². The number of sulfone groups is 1. The van der Waals surface area contributed by atoms with Crippen LogP contribution >= 0.6 is 0 Å². The fraction of sp³-hybridized carbons (Fsp3) is 0.316. The summed E-state index contributed by atoms with van der Waals surface area (Å²) >= 11 is 0. The van der Waals surface area contributed by atoms with Gasteiger partial charge in [0.1, 0.15) is 5.41 Å². The van der Waals surface area contributed by atoms with Gasteiger partial charge in [-0.15, -0.1) is 0 Å². The molecule has 1 saturated carbocycles. The number of methoxy groups -OCH3 is 1. The van der Waals surface area contributed by atoms with Crippen LogP contribution in [-0.4, -0.2) is 45.3 Å². The van der Waals surface area contributed by atoms with E-state index in [1.165, 1.54) is 19.2 Å². The van der Waals surface area contributed by atoms with E-state index in [4.69, 9.17) is 14.2 Å². The monoisotopic (exact) mass is 390 g/mol. The van der Waals surface area contributed by atoms with E-state index < -0.39 is 32.4 Å². The van der Waals surface area contributed by atoms with Gasteiger partial charge in [0.25, 0.3) is 0 Å². The van der Waals surface area contributed by atoms with Crippen molar-refractivity contribution in [2.75, 3.05) is 20.5 Å². The number of aliphatic carboxylic acids is 1. The molecule has 4 rings (SSSR count). The van der Waals surface area contributed by atoms with Crippen LogP contribution in [0.3, 0.4) is 0 Å². The minimum absolute atomic E-state index is 0.0807. The van der Waals surface area contributed by atoms with E-state index in [1.807, 2.05) is 0 Å². The summed E-state index contributed by atoms with van der Waals surface area (Å²) in [6, 6.07) is 12.9. The van der Waals surface area contributed by atoms with Gasteiger partial charge in [0, 0.05) is 13.0 Å². The third-order valence-electron chi connectivity index (χ3n) is 5.20. The van der Waals surface area contributed by atoms with Gasteiger partial charge in [-0.2, -0.15) is 0 Å². The van der Waals surface area contributed by atoms with Crippen LogP contribution in [0.4, 0.5) is 0 Å². The van der Waals surface area contributed by atoms with E-state index >= 15 is 0 Å². The van der Waals surface area contributed by atoms with E-state index in [-0.39, 0.29) is 18.3 Å². The Bertz CT molecular complexity index is 986. The molecule has 1 N–H and O–H groups in total. The number of carboxylic acids is 1. The minimum Gasteiger partial charge on any atom is -0.481 e. The van der Waals surface area contributed by atoms with Crippen LogP contribution in [0.25, 0.3) is 0 Å². The van der Waals surface area contributed by atoms with Gasteiger partial charge in [0.2, 0.25) is 6.79 Å². The molecule has 0 radical (unpaired) electrons. The molecule has 1 fully saturated rings. The number of carboxylic acid groups (broad SMARTS) is 1. The standard InChI is InChI=1S/C19H18O7S/c1-24-10-19(18(20)21)16(12-7-8-14-15(9-12)26-11-25-14)17(19)27(22,23)13-5-3-2-4-6-13/h2-9,16-17H,10-11H2,1H3,(H,20,21)/t16-,17+,19-/m1/s1. The maximum Gasteiger partial charge on any atom is 0.314 e. The number of benzene rings is 2. The average Bonchev–Trinajstić information content (AvgIpc) is 3.13. The first-order chi connectivity index (χ1) is 12.9. The second-order valence-corrected chi connectivity index (χ2v) is 8.72. The number of rotatable bonds is 6. The number of ether oxygens (including phenoxy) is 3. The summed E-state index contributed by atoms with van der Waals surface area (Å²) in [7, 11) is -2.52. The van der Waals surface area contributed by atoms with Crippen molar-refractivity contribution in [3.8, 4) is 11.5 Å². The lowest BCUT2D eigenvalue weighted by Gasteiger charge is -2.12. The van der Waals surface area contributed by atoms with E-state index in [2.05, 4.69) is 0 Å². The van der Waals surface area contributed by atoms with Crippen LogP contribution in [0.15, 0.2) is 53.4 Å². The minimum atomic E-state index is -3.88. The van der Waals surface area contributed by atoms with Crippen LogP contribution in [-0.2, 0) is 19.4 Å². The van der Waals surface area contributed by atoms with Crippen molar-refractivity contribution < 1.29 is 32.5 Å². The Hall–Kier alpha value is -2.58. The molecule has 8 heteroatoms. The highest BCUT2D eigenvalue weighted by Crippen LogP contribution is 2.65. The lowest BCUT2D eigenvalue weighted by molar-refractivity contribution is -0.145. The zero-order valence-corrected chi connectivity index (χ0v) is 15.3. The Kier molecular flexibility index (Phi) is 4.12. The second kappa shape index (κ2) is 6.24. The summed E-state index contributed by atoms with van der Waals surface area (Å²) in [5.41, 5.74) is -0.986. The number of hydrogen-bond acceptors (Lipinski definition) is 6. The van der Waals surface area contributed by atoms with Crippen molar-refractivity contribution in [3.63, 3.8) is 0 Å². The molecule has 0 aromatic heterocycles. The molecule has 0 saturated heterocycles. The molecule has 0 unspecified atom stereocenters. The number of carbonyl (C=O) groups is 1. The summed E-state index contributed by atoms with van der Waals surface area (Å²) in [6.07, 6.45) is 0. The number of hydrogen-bond donors (Lipinski definition) is 1. The van der Waals surface area contributed by atoms with E-state index in [1.54, 1.807) is 36.4 Å². The van der Waals surface area contributed by atoms with Crippen LogP contribution in [0.5, 0.6) is 11.5 Å². The molecule has 2 aliphatic rings. The highest BCUT2D eigenvalue weighted by Gasteiger charge is 2.76. The predicted molar refractivity (Wildman–Crippen MR) is 94.7 cm³/mol. The van der Waals surface area contributed by atoms with E-state index in [0.717, 1.165) is 0 Å². The zero-order chi connectivity index (χ0) is 19.2. The summed E-state index contributed by atoms with van der Waals surface area (Å²) in [6.45, 7) is -0.129. The van der Waals surface area contributed by atoms with Crippen molar-refractivity contribution in [2.24, 2.45) is 5.41 Å². The Morgan fingerprint density at radius 3 is 2.56 bits per heavy atom. The first-order valence-corrected chi connectivity index (χ1v) is 9.88. The lowest BCUT2D eigenvalue weighted by atomic mass is 9.99. The number of fused-ring (bicyclic) bond motifs is 1.